The van der Waals surface area contributed by atoms with Crippen LogP contribution in [0.5, 0.6) is 11.5 Å². The summed E-state index contributed by atoms with van der Waals surface area (Å²) in [5.41, 5.74) is 0.955. The van der Waals surface area contributed by atoms with Gasteiger partial charge in [-0.15, -0.1) is 0 Å². The first-order valence-electron chi connectivity index (χ1n) is 5.67. The highest BCUT2D eigenvalue weighted by Crippen LogP contribution is 2.37. The third-order valence-electron chi connectivity index (χ3n) is 2.85. The fourth-order valence-corrected chi connectivity index (χ4v) is 2.02. The monoisotopic (exact) mass is 237 g/mol. The molecule has 1 saturated heterocycles. The molecule has 1 aliphatic heterocycles. The van der Waals surface area contributed by atoms with Gasteiger partial charge in [0.2, 0.25) is 0 Å². The third kappa shape index (κ3) is 2.37. The summed E-state index contributed by atoms with van der Waals surface area (Å²) >= 11 is 0. The molecule has 4 nitrogen and oxygen atoms in total. The molecule has 94 valence electrons. The zero-order valence-electron chi connectivity index (χ0n) is 10.7. The van der Waals surface area contributed by atoms with Gasteiger partial charge in [-0.3, -0.25) is 5.32 Å². The van der Waals surface area contributed by atoms with Crippen molar-refractivity contribution >= 4 is 0 Å². The predicted molar refractivity (Wildman–Crippen MR) is 65.5 cm³/mol. The van der Waals surface area contributed by atoms with E-state index in [-0.39, 0.29) is 11.8 Å². The van der Waals surface area contributed by atoms with Crippen LogP contribution in [0.3, 0.4) is 0 Å². The maximum absolute atomic E-state index is 5.75. The van der Waals surface area contributed by atoms with Crippen LogP contribution >= 0.6 is 0 Å². The lowest BCUT2D eigenvalue weighted by Crippen LogP contribution is -2.35. The molecule has 0 bridgehead atoms. The maximum Gasteiger partial charge on any atom is 0.167 e. The first-order chi connectivity index (χ1) is 8.07. The van der Waals surface area contributed by atoms with Gasteiger partial charge in [0.1, 0.15) is 6.23 Å². The van der Waals surface area contributed by atoms with Crippen molar-refractivity contribution in [3.05, 3.63) is 23.8 Å². The largest absolute Gasteiger partial charge is 0.493 e. The van der Waals surface area contributed by atoms with Crippen LogP contribution in [-0.4, -0.2) is 26.4 Å². The van der Waals surface area contributed by atoms with Crippen LogP contribution in [0.1, 0.15) is 25.6 Å². The van der Waals surface area contributed by atoms with Crippen molar-refractivity contribution in [2.75, 3.05) is 20.8 Å². The molecule has 2 rings (SSSR count). The van der Waals surface area contributed by atoms with Gasteiger partial charge in [-0.25, -0.2) is 0 Å². The molecule has 1 aliphatic rings. The molecule has 1 aromatic carbocycles. The van der Waals surface area contributed by atoms with E-state index in [4.69, 9.17) is 14.2 Å². The van der Waals surface area contributed by atoms with E-state index in [2.05, 4.69) is 19.2 Å². The molecule has 0 spiro atoms. The number of hydrogen-bond donors (Lipinski definition) is 1. The third-order valence-corrected chi connectivity index (χ3v) is 2.85. The van der Waals surface area contributed by atoms with Crippen LogP contribution < -0.4 is 14.8 Å². The van der Waals surface area contributed by atoms with Gasteiger partial charge in [0.05, 0.1) is 20.8 Å². The Kier molecular flexibility index (Phi) is 3.26. The molecular weight excluding hydrogens is 218 g/mol. The van der Waals surface area contributed by atoms with Crippen molar-refractivity contribution in [3.63, 3.8) is 0 Å². The van der Waals surface area contributed by atoms with E-state index in [0.29, 0.717) is 6.61 Å². The number of methoxy groups -OCH3 is 2. The average molecular weight is 237 g/mol. The predicted octanol–water partition coefficient (Wildman–Crippen LogP) is 2.10. The maximum atomic E-state index is 5.75. The minimum atomic E-state index is -0.143. The normalized spacial score (nSPS) is 22.5. The highest BCUT2D eigenvalue weighted by atomic mass is 16.5. The Morgan fingerprint density at radius 1 is 1.29 bits per heavy atom. The summed E-state index contributed by atoms with van der Waals surface area (Å²) in [4.78, 5) is 0. The second kappa shape index (κ2) is 4.55. The molecule has 1 aromatic rings. The van der Waals surface area contributed by atoms with Gasteiger partial charge < -0.3 is 14.2 Å². The van der Waals surface area contributed by atoms with E-state index in [1.54, 1.807) is 14.2 Å². The average Bonchev–Trinajstić information content (AvgIpc) is 2.68. The minimum absolute atomic E-state index is 0.0151. The van der Waals surface area contributed by atoms with Gasteiger partial charge in [-0.05, 0) is 19.9 Å². The van der Waals surface area contributed by atoms with Crippen molar-refractivity contribution in [2.45, 2.75) is 25.6 Å². The lowest BCUT2D eigenvalue weighted by molar-refractivity contribution is 0.0963. The number of para-hydroxylation sites is 1. The summed E-state index contributed by atoms with van der Waals surface area (Å²) in [5.74, 6) is 1.45. The lowest BCUT2D eigenvalue weighted by Gasteiger charge is -2.19. The van der Waals surface area contributed by atoms with E-state index >= 15 is 0 Å². The highest BCUT2D eigenvalue weighted by molar-refractivity contribution is 5.47. The Morgan fingerprint density at radius 2 is 2.06 bits per heavy atom. The topological polar surface area (TPSA) is 39.7 Å². The van der Waals surface area contributed by atoms with Gasteiger partial charge in [0.25, 0.3) is 0 Å². The first-order valence-corrected chi connectivity index (χ1v) is 5.67. The second-order valence-electron chi connectivity index (χ2n) is 4.80. The number of benzene rings is 1. The van der Waals surface area contributed by atoms with Crippen LogP contribution in [0, 0.1) is 0 Å². The Balaban J connectivity index is 2.33. The fraction of sp³-hybridized carbons (Fsp3) is 0.538. The van der Waals surface area contributed by atoms with E-state index in [9.17, 15) is 0 Å². The highest BCUT2D eigenvalue weighted by Gasteiger charge is 2.33. The first kappa shape index (κ1) is 12.2. The van der Waals surface area contributed by atoms with E-state index < -0.39 is 0 Å². The van der Waals surface area contributed by atoms with Crippen molar-refractivity contribution in [3.8, 4) is 11.5 Å². The van der Waals surface area contributed by atoms with Crippen LogP contribution in [0.25, 0.3) is 0 Å². The number of nitrogens with one attached hydrogen (secondary N) is 1. The van der Waals surface area contributed by atoms with Crippen LogP contribution in [-0.2, 0) is 4.74 Å². The Hall–Kier alpha value is -1.26. The number of rotatable bonds is 3. The zero-order chi connectivity index (χ0) is 12.5. The molecule has 17 heavy (non-hydrogen) atoms. The second-order valence-corrected chi connectivity index (χ2v) is 4.80. The summed E-state index contributed by atoms with van der Waals surface area (Å²) in [6.07, 6.45) is -0.143. The molecular formula is C13H19NO3. The molecule has 1 unspecified atom stereocenters. The summed E-state index contributed by atoms with van der Waals surface area (Å²) in [6.45, 7) is 4.90. The quantitative estimate of drug-likeness (QED) is 0.874. The smallest absolute Gasteiger partial charge is 0.167 e. The van der Waals surface area contributed by atoms with Gasteiger partial charge in [0.15, 0.2) is 11.5 Å². The SMILES string of the molecule is COc1cccc(C2NC(C)(C)CO2)c1OC. The molecule has 0 aliphatic carbocycles. The van der Waals surface area contributed by atoms with Gasteiger partial charge in [-0.2, -0.15) is 0 Å². The fourth-order valence-electron chi connectivity index (χ4n) is 2.02. The van der Waals surface area contributed by atoms with Crippen molar-refractivity contribution < 1.29 is 14.2 Å². The van der Waals surface area contributed by atoms with Crippen LogP contribution in [0.4, 0.5) is 0 Å². The zero-order valence-corrected chi connectivity index (χ0v) is 10.7. The molecule has 1 N–H and O–H groups in total. The van der Waals surface area contributed by atoms with Gasteiger partial charge in [-0.1, -0.05) is 12.1 Å². The Bertz CT molecular complexity index is 404. The summed E-state index contributed by atoms with van der Waals surface area (Å²) in [5, 5.41) is 3.41. The standard InChI is InChI=1S/C13H19NO3/c1-13(2)8-17-12(14-13)9-6-5-7-10(15-3)11(9)16-4/h5-7,12,14H,8H2,1-4H3. The van der Waals surface area contributed by atoms with Crippen molar-refractivity contribution in [2.24, 2.45) is 0 Å². The van der Waals surface area contributed by atoms with Gasteiger partial charge >= 0.3 is 0 Å². The van der Waals surface area contributed by atoms with Crippen molar-refractivity contribution in [1.82, 2.24) is 5.32 Å². The molecule has 1 heterocycles. The molecule has 0 saturated carbocycles. The van der Waals surface area contributed by atoms with Crippen LogP contribution in [0.2, 0.25) is 0 Å². The summed E-state index contributed by atoms with van der Waals surface area (Å²) in [6, 6.07) is 5.80. The number of hydrogen-bond acceptors (Lipinski definition) is 4. The molecule has 1 fully saturated rings. The summed E-state index contributed by atoms with van der Waals surface area (Å²) in [7, 11) is 3.27. The van der Waals surface area contributed by atoms with E-state index in [1.807, 2.05) is 18.2 Å². The molecule has 1 atom stereocenters. The molecule has 0 radical (unpaired) electrons. The number of ether oxygens (including phenoxy) is 3. The van der Waals surface area contributed by atoms with E-state index in [1.165, 1.54) is 0 Å². The Labute approximate surface area is 102 Å². The Morgan fingerprint density at radius 3 is 2.59 bits per heavy atom. The van der Waals surface area contributed by atoms with Crippen molar-refractivity contribution in [1.29, 1.82) is 0 Å². The lowest BCUT2D eigenvalue weighted by atomic mass is 10.1. The molecule has 4 heteroatoms. The van der Waals surface area contributed by atoms with Gasteiger partial charge in [0, 0.05) is 11.1 Å². The minimum Gasteiger partial charge on any atom is -0.493 e. The molecule has 0 amide bonds. The molecule has 0 aromatic heterocycles. The van der Waals surface area contributed by atoms with E-state index in [0.717, 1.165) is 17.1 Å². The summed E-state index contributed by atoms with van der Waals surface area (Å²) < 4.78 is 16.4. The van der Waals surface area contributed by atoms with Crippen LogP contribution in [0.15, 0.2) is 18.2 Å².